The topological polar surface area (TPSA) is 81.7 Å². The number of anilines is 3. The Balaban J connectivity index is 1.70. The number of rotatable bonds is 8. The molecule has 0 radical (unpaired) electrons. The van der Waals surface area contributed by atoms with Gasteiger partial charge in [-0.2, -0.15) is 11.8 Å². The Labute approximate surface area is 214 Å². The molecule has 2 aliphatic rings. The van der Waals surface area contributed by atoms with Crippen molar-refractivity contribution in [1.82, 2.24) is 0 Å². The van der Waals surface area contributed by atoms with Crippen LogP contribution in [0.2, 0.25) is 0 Å². The normalized spacial score (nSPS) is 17.4. The SMILES string of the molecule is CC(C)CN(c1ccc(C2(C(=O)O)CCC2)cc1NC(=O)Nc1ccc(F)cc1F)C1CCSCC1. The van der Waals surface area contributed by atoms with Gasteiger partial charge in [0.25, 0.3) is 0 Å². The molecule has 1 saturated heterocycles. The molecular formula is C27H33F2N3O3S. The first-order valence-electron chi connectivity index (χ1n) is 12.4. The molecule has 9 heteroatoms. The highest BCUT2D eigenvalue weighted by atomic mass is 32.2. The Kier molecular flexibility index (Phi) is 8.07. The van der Waals surface area contributed by atoms with Crippen molar-refractivity contribution in [1.29, 1.82) is 0 Å². The van der Waals surface area contributed by atoms with Crippen LogP contribution in [0.4, 0.5) is 30.6 Å². The van der Waals surface area contributed by atoms with Crippen LogP contribution in [0, 0.1) is 17.6 Å². The number of hydrogen-bond donors (Lipinski definition) is 3. The molecule has 0 atom stereocenters. The van der Waals surface area contributed by atoms with Crippen LogP contribution in [0.1, 0.15) is 51.5 Å². The summed E-state index contributed by atoms with van der Waals surface area (Å²) in [5.74, 6) is 0.0152. The zero-order valence-corrected chi connectivity index (χ0v) is 21.5. The van der Waals surface area contributed by atoms with Crippen molar-refractivity contribution in [2.45, 2.75) is 57.4 Å². The van der Waals surface area contributed by atoms with E-state index in [1.54, 1.807) is 6.07 Å². The quantitative estimate of drug-likeness (QED) is 0.374. The summed E-state index contributed by atoms with van der Waals surface area (Å²) < 4.78 is 27.4. The third-order valence-corrected chi connectivity index (χ3v) is 8.14. The largest absolute Gasteiger partial charge is 0.481 e. The number of hydrogen-bond acceptors (Lipinski definition) is 4. The maximum absolute atomic E-state index is 14.1. The lowest BCUT2D eigenvalue weighted by molar-refractivity contribution is -0.147. The molecule has 4 rings (SSSR count). The number of carboxylic acids is 1. The van der Waals surface area contributed by atoms with Gasteiger partial charge >= 0.3 is 12.0 Å². The summed E-state index contributed by atoms with van der Waals surface area (Å²) in [6, 6.07) is 8.11. The number of halogens is 2. The molecule has 0 aromatic heterocycles. The summed E-state index contributed by atoms with van der Waals surface area (Å²) in [6.07, 6.45) is 3.96. The predicted molar refractivity (Wildman–Crippen MR) is 141 cm³/mol. The summed E-state index contributed by atoms with van der Waals surface area (Å²) >= 11 is 1.93. The smallest absolute Gasteiger partial charge is 0.323 e. The van der Waals surface area contributed by atoms with E-state index in [-0.39, 0.29) is 5.69 Å². The van der Waals surface area contributed by atoms with E-state index in [2.05, 4.69) is 29.4 Å². The minimum Gasteiger partial charge on any atom is -0.481 e. The molecule has 3 N–H and O–H groups in total. The minimum absolute atomic E-state index is 0.143. The van der Waals surface area contributed by atoms with Gasteiger partial charge in [-0.25, -0.2) is 13.6 Å². The molecule has 0 unspecified atom stereocenters. The molecule has 0 spiro atoms. The lowest BCUT2D eigenvalue weighted by Gasteiger charge is -2.40. The summed E-state index contributed by atoms with van der Waals surface area (Å²) in [7, 11) is 0. The molecule has 194 valence electrons. The summed E-state index contributed by atoms with van der Waals surface area (Å²) in [4.78, 5) is 27.4. The fraction of sp³-hybridized carbons (Fsp3) is 0.481. The van der Waals surface area contributed by atoms with E-state index in [9.17, 15) is 23.5 Å². The van der Waals surface area contributed by atoms with Crippen molar-refractivity contribution >= 4 is 40.8 Å². The van der Waals surface area contributed by atoms with Crippen molar-refractivity contribution < 1.29 is 23.5 Å². The van der Waals surface area contributed by atoms with E-state index in [1.165, 1.54) is 6.07 Å². The number of carbonyl (C=O) groups is 2. The number of nitrogens with one attached hydrogen (secondary N) is 2. The Bertz CT molecular complexity index is 1120. The monoisotopic (exact) mass is 517 g/mol. The number of benzene rings is 2. The van der Waals surface area contributed by atoms with Gasteiger partial charge in [-0.1, -0.05) is 26.3 Å². The number of urea groups is 1. The van der Waals surface area contributed by atoms with Gasteiger partial charge in [-0.3, -0.25) is 4.79 Å². The van der Waals surface area contributed by atoms with Gasteiger partial charge in [0, 0.05) is 18.7 Å². The summed E-state index contributed by atoms with van der Waals surface area (Å²) in [6.45, 7) is 5.06. The highest BCUT2D eigenvalue weighted by Crippen LogP contribution is 2.46. The van der Waals surface area contributed by atoms with Crippen LogP contribution in [-0.4, -0.2) is 41.2 Å². The average Bonchev–Trinajstić information content (AvgIpc) is 2.79. The molecule has 36 heavy (non-hydrogen) atoms. The maximum Gasteiger partial charge on any atom is 0.323 e. The highest BCUT2D eigenvalue weighted by Gasteiger charge is 2.46. The first kappa shape index (κ1) is 26.3. The third kappa shape index (κ3) is 5.61. The molecular weight excluding hydrogens is 484 g/mol. The van der Waals surface area contributed by atoms with Gasteiger partial charge in [-0.15, -0.1) is 0 Å². The first-order valence-corrected chi connectivity index (χ1v) is 13.6. The van der Waals surface area contributed by atoms with Crippen molar-refractivity contribution in [2.75, 3.05) is 33.6 Å². The van der Waals surface area contributed by atoms with Crippen molar-refractivity contribution in [2.24, 2.45) is 5.92 Å². The predicted octanol–water partition coefficient (Wildman–Crippen LogP) is 6.47. The highest BCUT2D eigenvalue weighted by molar-refractivity contribution is 7.99. The van der Waals surface area contributed by atoms with Crippen LogP contribution < -0.4 is 15.5 Å². The summed E-state index contributed by atoms with van der Waals surface area (Å²) in [5.41, 5.74) is 0.851. The molecule has 1 aliphatic carbocycles. The lowest BCUT2D eigenvalue weighted by atomic mass is 9.64. The molecule has 2 amide bonds. The van der Waals surface area contributed by atoms with E-state index in [4.69, 9.17) is 0 Å². The van der Waals surface area contributed by atoms with Crippen LogP contribution in [0.5, 0.6) is 0 Å². The van der Waals surface area contributed by atoms with Crippen molar-refractivity contribution in [3.8, 4) is 0 Å². The summed E-state index contributed by atoms with van der Waals surface area (Å²) in [5, 5.41) is 15.3. The van der Waals surface area contributed by atoms with Crippen LogP contribution in [0.3, 0.4) is 0 Å². The fourth-order valence-electron chi connectivity index (χ4n) is 5.04. The molecule has 2 aromatic carbocycles. The van der Waals surface area contributed by atoms with E-state index in [0.717, 1.165) is 49.1 Å². The van der Waals surface area contributed by atoms with Gasteiger partial charge in [-0.05, 0) is 72.9 Å². The van der Waals surface area contributed by atoms with E-state index < -0.39 is 29.0 Å². The first-order chi connectivity index (χ1) is 17.2. The number of nitrogens with zero attached hydrogens (tertiary/aromatic N) is 1. The van der Waals surface area contributed by atoms with Crippen molar-refractivity contribution in [3.05, 3.63) is 53.6 Å². The number of carboxylic acid groups (broad SMARTS) is 1. The van der Waals surface area contributed by atoms with Crippen LogP contribution in [0.25, 0.3) is 0 Å². The van der Waals surface area contributed by atoms with Crippen LogP contribution >= 0.6 is 11.8 Å². The Morgan fingerprint density at radius 3 is 2.36 bits per heavy atom. The molecule has 2 fully saturated rings. The molecule has 0 bridgehead atoms. The van der Waals surface area contributed by atoms with Gasteiger partial charge in [0.15, 0.2) is 0 Å². The van der Waals surface area contributed by atoms with Crippen LogP contribution in [0.15, 0.2) is 36.4 Å². The Hall–Kier alpha value is -2.81. The Morgan fingerprint density at radius 2 is 1.78 bits per heavy atom. The second-order valence-corrected chi connectivity index (χ2v) is 11.3. The molecule has 1 saturated carbocycles. The molecule has 6 nitrogen and oxygen atoms in total. The van der Waals surface area contributed by atoms with E-state index >= 15 is 0 Å². The maximum atomic E-state index is 14.1. The molecule has 1 aliphatic heterocycles. The van der Waals surface area contributed by atoms with Gasteiger partial charge in [0.1, 0.15) is 11.6 Å². The van der Waals surface area contributed by atoms with E-state index in [0.29, 0.717) is 42.1 Å². The Morgan fingerprint density at radius 1 is 1.08 bits per heavy atom. The zero-order chi connectivity index (χ0) is 25.9. The van der Waals surface area contributed by atoms with Gasteiger partial charge in [0.2, 0.25) is 0 Å². The third-order valence-electron chi connectivity index (χ3n) is 7.10. The standard InChI is InChI=1S/C27H33F2N3O3S/c1-17(2)16-32(20-8-12-36-13-9-20)24-7-4-18(27(25(33)34)10-3-11-27)14-23(24)31-26(35)30-22-6-5-19(28)15-21(22)29/h4-7,14-15,17,20H,3,8-13,16H2,1-2H3,(H,33,34)(H2,30,31,35). The number of thioether (sulfide) groups is 1. The number of amides is 2. The van der Waals surface area contributed by atoms with Gasteiger partial charge in [0.05, 0.1) is 22.5 Å². The zero-order valence-electron chi connectivity index (χ0n) is 20.7. The average molecular weight is 518 g/mol. The van der Waals surface area contributed by atoms with E-state index in [1.807, 2.05) is 23.9 Å². The second-order valence-electron chi connectivity index (χ2n) is 10.1. The minimum atomic E-state index is -0.959. The van der Waals surface area contributed by atoms with Gasteiger partial charge < -0.3 is 20.6 Å². The van der Waals surface area contributed by atoms with Crippen molar-refractivity contribution in [3.63, 3.8) is 0 Å². The van der Waals surface area contributed by atoms with Crippen LogP contribution in [-0.2, 0) is 10.2 Å². The lowest BCUT2D eigenvalue weighted by Crippen LogP contribution is -2.43. The fourth-order valence-corrected chi connectivity index (χ4v) is 6.12. The molecule has 2 aromatic rings. The second kappa shape index (κ2) is 11.1. The molecule has 1 heterocycles. The number of aliphatic carboxylic acids is 1. The number of carbonyl (C=O) groups excluding carboxylic acids is 1.